The molecule has 8 radical (unpaired) electrons. The Hall–Kier alpha value is 0.220. The van der Waals surface area contributed by atoms with Crippen LogP contribution in [0, 0.1) is 5.41 Å². The number of aliphatic hydroxyl groups is 1. The van der Waals surface area contributed by atoms with Gasteiger partial charge in [0, 0.05) is 5.60 Å². The summed E-state index contributed by atoms with van der Waals surface area (Å²) in [7, 11) is 24.2. The van der Waals surface area contributed by atoms with E-state index in [0.717, 1.165) is 12.8 Å². The predicted molar refractivity (Wildman–Crippen MR) is 69.2 cm³/mol. The minimum absolute atomic E-state index is 0.0369. The van der Waals surface area contributed by atoms with Gasteiger partial charge in [-0.05, 0) is 25.2 Å². The summed E-state index contributed by atoms with van der Waals surface area (Å²) < 4.78 is 0. The van der Waals surface area contributed by atoms with E-state index in [1.807, 2.05) is 0 Å². The molecule has 0 aromatic rings. The summed E-state index contributed by atoms with van der Waals surface area (Å²) in [4.78, 5) is 0. The number of rotatable bonds is 0. The van der Waals surface area contributed by atoms with Crippen molar-refractivity contribution in [2.45, 2.75) is 61.5 Å². The van der Waals surface area contributed by atoms with Gasteiger partial charge in [-0.3, -0.25) is 0 Å². The quantitative estimate of drug-likeness (QED) is 0.588. The standard InChI is InChI=1S/C11H16B4O/c1-8(16)10(12,13)6-9(4-2-3-5-9)7-11(8,14)15/h16H,2-7H2,1H3. The number of hydrogen-bond acceptors (Lipinski definition) is 1. The average molecular weight is 207 g/mol. The largest absolute Gasteiger partial charge is 0.392 e. The molecule has 0 aliphatic heterocycles. The lowest BCUT2D eigenvalue weighted by atomic mass is 9.26. The summed E-state index contributed by atoms with van der Waals surface area (Å²) >= 11 is 0. The fourth-order valence-electron chi connectivity index (χ4n) is 3.56. The molecule has 5 heteroatoms. The Kier molecular flexibility index (Phi) is 2.67. The van der Waals surface area contributed by atoms with E-state index in [9.17, 15) is 5.11 Å². The maximum Gasteiger partial charge on any atom is 0.0658 e. The van der Waals surface area contributed by atoms with Crippen molar-refractivity contribution in [2.75, 3.05) is 0 Å². The first kappa shape index (κ1) is 12.7. The van der Waals surface area contributed by atoms with E-state index in [0.29, 0.717) is 12.8 Å². The van der Waals surface area contributed by atoms with Crippen molar-refractivity contribution in [1.29, 1.82) is 0 Å². The van der Waals surface area contributed by atoms with Gasteiger partial charge in [-0.2, -0.15) is 0 Å². The second-order valence-electron chi connectivity index (χ2n) is 6.21. The Labute approximate surface area is 104 Å². The van der Waals surface area contributed by atoms with Crippen molar-refractivity contribution in [1.82, 2.24) is 0 Å². The third-order valence-corrected chi connectivity index (χ3v) is 4.81. The third-order valence-electron chi connectivity index (χ3n) is 4.81. The summed E-state index contributed by atoms with van der Waals surface area (Å²) in [5.74, 6) is 0. The van der Waals surface area contributed by atoms with Gasteiger partial charge in [-0.25, -0.2) is 0 Å². The molecule has 2 saturated carbocycles. The summed E-state index contributed by atoms with van der Waals surface area (Å²) in [5.41, 5.74) is -1.40. The van der Waals surface area contributed by atoms with E-state index >= 15 is 0 Å². The molecule has 0 heterocycles. The van der Waals surface area contributed by atoms with Crippen LogP contribution in [-0.4, -0.2) is 42.1 Å². The minimum Gasteiger partial charge on any atom is -0.392 e. The summed E-state index contributed by atoms with van der Waals surface area (Å²) in [6.07, 6.45) is 5.68. The first-order valence-corrected chi connectivity index (χ1v) is 6.00. The molecule has 2 aliphatic rings. The van der Waals surface area contributed by atoms with Crippen LogP contribution >= 0.6 is 0 Å². The monoisotopic (exact) mass is 208 g/mol. The normalized spacial score (nSPS) is 33.9. The summed E-state index contributed by atoms with van der Waals surface area (Å²) in [5, 5.41) is 7.96. The Morgan fingerprint density at radius 1 is 0.875 bits per heavy atom. The molecular weight excluding hydrogens is 191 g/mol. The van der Waals surface area contributed by atoms with E-state index in [-0.39, 0.29) is 5.41 Å². The van der Waals surface area contributed by atoms with Gasteiger partial charge in [0.05, 0.1) is 31.4 Å². The zero-order valence-corrected chi connectivity index (χ0v) is 10.00. The molecule has 0 bridgehead atoms. The fraction of sp³-hybridized carbons (Fsp3) is 1.00. The lowest BCUT2D eigenvalue weighted by Crippen LogP contribution is -2.58. The van der Waals surface area contributed by atoms with E-state index in [2.05, 4.69) is 0 Å². The van der Waals surface area contributed by atoms with Crippen LogP contribution in [0.3, 0.4) is 0 Å². The van der Waals surface area contributed by atoms with E-state index in [4.69, 9.17) is 31.4 Å². The van der Waals surface area contributed by atoms with Gasteiger partial charge in [-0.1, -0.05) is 36.1 Å². The van der Waals surface area contributed by atoms with Gasteiger partial charge in [0.2, 0.25) is 0 Å². The topological polar surface area (TPSA) is 20.2 Å². The molecule has 1 N–H and O–H groups in total. The van der Waals surface area contributed by atoms with Gasteiger partial charge in [0.15, 0.2) is 0 Å². The predicted octanol–water partition coefficient (Wildman–Crippen LogP) is 0.998. The molecule has 78 valence electrons. The Balaban J connectivity index is 2.36. The van der Waals surface area contributed by atoms with Crippen molar-refractivity contribution in [2.24, 2.45) is 5.41 Å². The van der Waals surface area contributed by atoms with Crippen LogP contribution in [0.15, 0.2) is 0 Å². The van der Waals surface area contributed by atoms with Gasteiger partial charge >= 0.3 is 0 Å². The molecular formula is C11H16B4O. The van der Waals surface area contributed by atoms with Crippen molar-refractivity contribution in [3.63, 3.8) is 0 Å². The lowest BCUT2D eigenvalue weighted by molar-refractivity contribution is -0.0441. The number of hydrogen-bond donors (Lipinski definition) is 1. The van der Waals surface area contributed by atoms with Gasteiger partial charge in [0.1, 0.15) is 0 Å². The highest BCUT2D eigenvalue weighted by atomic mass is 16.3. The zero-order chi connectivity index (χ0) is 12.2. The van der Waals surface area contributed by atoms with E-state index < -0.39 is 16.0 Å². The smallest absolute Gasteiger partial charge is 0.0658 e. The Morgan fingerprint density at radius 2 is 1.25 bits per heavy atom. The molecule has 16 heavy (non-hydrogen) atoms. The van der Waals surface area contributed by atoms with Crippen molar-refractivity contribution in [3.8, 4) is 0 Å². The van der Waals surface area contributed by atoms with Crippen LogP contribution < -0.4 is 0 Å². The van der Waals surface area contributed by atoms with Gasteiger partial charge in [0.25, 0.3) is 0 Å². The fourth-order valence-corrected chi connectivity index (χ4v) is 3.56. The van der Waals surface area contributed by atoms with Crippen LogP contribution in [0.2, 0.25) is 10.4 Å². The maximum atomic E-state index is 10.4. The molecule has 1 nitrogen and oxygen atoms in total. The summed E-state index contributed by atoms with van der Waals surface area (Å²) in [6, 6.07) is 0. The first-order valence-electron chi connectivity index (χ1n) is 6.00. The zero-order valence-electron chi connectivity index (χ0n) is 10.00. The summed E-state index contributed by atoms with van der Waals surface area (Å²) in [6.45, 7) is 1.55. The Morgan fingerprint density at radius 3 is 1.62 bits per heavy atom. The van der Waals surface area contributed by atoms with E-state index in [1.54, 1.807) is 6.92 Å². The highest BCUT2D eigenvalue weighted by molar-refractivity contribution is 6.46. The molecule has 2 rings (SSSR count). The highest BCUT2D eigenvalue weighted by Gasteiger charge is 2.58. The van der Waals surface area contributed by atoms with Crippen LogP contribution in [0.4, 0.5) is 0 Å². The molecule has 0 saturated heterocycles. The van der Waals surface area contributed by atoms with Crippen LogP contribution in [0.5, 0.6) is 0 Å². The molecule has 0 amide bonds. The minimum atomic E-state index is -1.44. The van der Waals surface area contributed by atoms with Crippen molar-refractivity contribution < 1.29 is 5.11 Å². The van der Waals surface area contributed by atoms with Crippen LogP contribution in [0.25, 0.3) is 0 Å². The second kappa shape index (κ2) is 3.37. The van der Waals surface area contributed by atoms with Crippen LogP contribution in [-0.2, 0) is 0 Å². The molecule has 0 atom stereocenters. The van der Waals surface area contributed by atoms with Crippen molar-refractivity contribution in [3.05, 3.63) is 0 Å². The van der Waals surface area contributed by atoms with Gasteiger partial charge < -0.3 is 5.11 Å². The first-order chi connectivity index (χ1) is 7.12. The molecule has 1 spiro atoms. The van der Waals surface area contributed by atoms with E-state index in [1.165, 1.54) is 12.8 Å². The molecule has 0 unspecified atom stereocenters. The molecule has 2 fully saturated rings. The third kappa shape index (κ3) is 1.62. The lowest BCUT2D eigenvalue weighted by Gasteiger charge is -2.62. The average Bonchev–Trinajstić information content (AvgIpc) is 2.48. The van der Waals surface area contributed by atoms with Crippen LogP contribution in [0.1, 0.15) is 45.4 Å². The maximum absolute atomic E-state index is 10.4. The SMILES string of the molecule is [B]C1([B])CC2(CCCC2)CC([B])([B])C1(C)O. The van der Waals surface area contributed by atoms with Crippen molar-refractivity contribution >= 4 is 31.4 Å². The van der Waals surface area contributed by atoms with Gasteiger partial charge in [-0.15, -0.1) is 0 Å². The molecule has 0 aromatic heterocycles. The Bertz CT molecular complexity index is 270. The molecule has 0 aromatic carbocycles. The second-order valence-corrected chi connectivity index (χ2v) is 6.21. The molecule has 2 aliphatic carbocycles. The highest BCUT2D eigenvalue weighted by Crippen LogP contribution is 2.66.